The van der Waals surface area contributed by atoms with Crippen molar-refractivity contribution in [3.8, 4) is 50.7 Å². The standard InChI is InChI=1S/C48H31N3/c1-4-14-32(15-5-1)40-29-38(48-49-42(34-17-6-2-7-18-34)31-43(50-48)35-19-8-3-9-20-35)25-26-44(40)51-45-27-24-33-16-12-13-23-39(33)47(45)41-28-36-21-10-11-22-37(36)30-46(41)51/h1-31H. The highest BCUT2D eigenvalue weighted by Crippen LogP contribution is 2.42. The average Bonchev–Trinajstić information content (AvgIpc) is 3.54. The molecule has 0 amide bonds. The number of aromatic nitrogens is 3. The molecule has 0 aliphatic heterocycles. The molecule has 10 rings (SSSR count). The summed E-state index contributed by atoms with van der Waals surface area (Å²) in [6.45, 7) is 0. The minimum Gasteiger partial charge on any atom is -0.309 e. The van der Waals surface area contributed by atoms with Gasteiger partial charge >= 0.3 is 0 Å². The highest BCUT2D eigenvalue weighted by molar-refractivity contribution is 6.23. The lowest BCUT2D eigenvalue weighted by Gasteiger charge is -2.17. The van der Waals surface area contributed by atoms with E-state index < -0.39 is 0 Å². The Labute approximate surface area is 295 Å². The number of hydrogen-bond donors (Lipinski definition) is 0. The third-order valence-corrected chi connectivity index (χ3v) is 9.97. The van der Waals surface area contributed by atoms with Crippen LogP contribution >= 0.6 is 0 Å². The van der Waals surface area contributed by atoms with Crippen molar-refractivity contribution in [1.82, 2.24) is 14.5 Å². The second kappa shape index (κ2) is 11.9. The summed E-state index contributed by atoms with van der Waals surface area (Å²) in [5.41, 5.74) is 10.6. The van der Waals surface area contributed by atoms with Gasteiger partial charge in [0.25, 0.3) is 0 Å². The Bertz CT molecular complexity index is 2830. The van der Waals surface area contributed by atoms with Gasteiger partial charge in [0.05, 0.1) is 28.1 Å². The normalized spacial score (nSPS) is 11.5. The molecule has 0 aliphatic carbocycles. The van der Waals surface area contributed by atoms with Crippen LogP contribution in [0.15, 0.2) is 188 Å². The maximum Gasteiger partial charge on any atom is 0.160 e. The van der Waals surface area contributed by atoms with E-state index in [2.05, 4.69) is 180 Å². The van der Waals surface area contributed by atoms with Crippen molar-refractivity contribution in [2.45, 2.75) is 0 Å². The van der Waals surface area contributed by atoms with Crippen molar-refractivity contribution in [1.29, 1.82) is 0 Å². The molecule has 3 heteroatoms. The molecule has 238 valence electrons. The first kappa shape index (κ1) is 29.1. The number of fused-ring (bicyclic) bond motifs is 6. The van der Waals surface area contributed by atoms with Gasteiger partial charge in [-0.1, -0.05) is 146 Å². The van der Waals surface area contributed by atoms with Gasteiger partial charge in [0.2, 0.25) is 0 Å². The summed E-state index contributed by atoms with van der Waals surface area (Å²) >= 11 is 0. The van der Waals surface area contributed by atoms with Gasteiger partial charge in [-0.25, -0.2) is 9.97 Å². The largest absolute Gasteiger partial charge is 0.309 e. The topological polar surface area (TPSA) is 30.7 Å². The van der Waals surface area contributed by atoms with E-state index in [0.29, 0.717) is 5.82 Å². The average molecular weight is 650 g/mol. The van der Waals surface area contributed by atoms with Crippen molar-refractivity contribution >= 4 is 43.4 Å². The quantitative estimate of drug-likeness (QED) is 0.186. The van der Waals surface area contributed by atoms with E-state index in [4.69, 9.17) is 9.97 Å². The predicted molar refractivity (Wildman–Crippen MR) is 213 cm³/mol. The van der Waals surface area contributed by atoms with Gasteiger partial charge in [-0.2, -0.15) is 0 Å². The smallest absolute Gasteiger partial charge is 0.160 e. The molecule has 0 N–H and O–H groups in total. The Morgan fingerprint density at radius 3 is 1.59 bits per heavy atom. The highest BCUT2D eigenvalue weighted by Gasteiger charge is 2.20. The SMILES string of the molecule is c1ccc(-c2cc(-c3ccccc3)nc(-c3ccc(-n4c5cc6ccccc6cc5c5c6ccccc6ccc54)c(-c4ccccc4)c3)n2)cc1. The molecule has 10 aromatic rings. The van der Waals surface area contributed by atoms with E-state index >= 15 is 0 Å². The number of nitrogens with zero attached hydrogens (tertiary/aromatic N) is 3. The van der Waals surface area contributed by atoms with E-state index in [1.165, 1.54) is 43.4 Å². The molecule has 2 heterocycles. The molecule has 51 heavy (non-hydrogen) atoms. The lowest BCUT2D eigenvalue weighted by atomic mass is 9.99. The minimum absolute atomic E-state index is 0.693. The maximum atomic E-state index is 5.18. The van der Waals surface area contributed by atoms with E-state index in [0.717, 1.165) is 44.9 Å². The minimum atomic E-state index is 0.693. The Kier molecular flexibility index (Phi) is 6.81. The molecule has 0 aliphatic rings. The van der Waals surface area contributed by atoms with Crippen molar-refractivity contribution in [3.05, 3.63) is 188 Å². The van der Waals surface area contributed by atoms with E-state index in [-0.39, 0.29) is 0 Å². The number of rotatable bonds is 5. The van der Waals surface area contributed by atoms with Crippen molar-refractivity contribution in [2.24, 2.45) is 0 Å². The molecule has 0 atom stereocenters. The number of hydrogen-bond acceptors (Lipinski definition) is 2. The Balaban J connectivity index is 1.26. The van der Waals surface area contributed by atoms with Gasteiger partial charge in [0, 0.05) is 33.0 Å². The summed E-state index contributed by atoms with van der Waals surface area (Å²) in [7, 11) is 0. The molecule has 0 radical (unpaired) electrons. The molecule has 0 bridgehead atoms. The second-order valence-corrected chi connectivity index (χ2v) is 13.0. The van der Waals surface area contributed by atoms with Gasteiger partial charge in [0.1, 0.15) is 0 Å². The molecule has 0 spiro atoms. The second-order valence-electron chi connectivity index (χ2n) is 13.0. The third kappa shape index (κ3) is 4.98. The molecular weight excluding hydrogens is 619 g/mol. The molecule has 0 fully saturated rings. The van der Waals surface area contributed by atoms with Crippen LogP contribution in [0.5, 0.6) is 0 Å². The van der Waals surface area contributed by atoms with Crippen LogP contribution in [0.2, 0.25) is 0 Å². The molecule has 8 aromatic carbocycles. The van der Waals surface area contributed by atoms with Crippen molar-refractivity contribution < 1.29 is 0 Å². The van der Waals surface area contributed by atoms with Crippen LogP contribution in [0.25, 0.3) is 94.1 Å². The van der Waals surface area contributed by atoms with Crippen LogP contribution in [0, 0.1) is 0 Å². The van der Waals surface area contributed by atoms with Gasteiger partial charge in [-0.05, 0) is 69.6 Å². The summed E-state index contributed by atoms with van der Waals surface area (Å²) in [6.07, 6.45) is 0. The lowest BCUT2D eigenvalue weighted by molar-refractivity contribution is 1.17. The first-order valence-corrected chi connectivity index (χ1v) is 17.3. The van der Waals surface area contributed by atoms with Gasteiger partial charge < -0.3 is 4.57 Å². The van der Waals surface area contributed by atoms with Crippen LogP contribution in [0.3, 0.4) is 0 Å². The zero-order valence-corrected chi connectivity index (χ0v) is 27.7. The fourth-order valence-electron chi connectivity index (χ4n) is 7.54. The van der Waals surface area contributed by atoms with E-state index in [1.54, 1.807) is 0 Å². The summed E-state index contributed by atoms with van der Waals surface area (Å²) in [6, 6.07) is 66.8. The van der Waals surface area contributed by atoms with Crippen LogP contribution in [-0.2, 0) is 0 Å². The summed E-state index contributed by atoms with van der Waals surface area (Å²) in [5, 5.41) is 7.46. The molecule has 0 saturated heterocycles. The van der Waals surface area contributed by atoms with Crippen LogP contribution in [-0.4, -0.2) is 14.5 Å². The summed E-state index contributed by atoms with van der Waals surface area (Å²) in [4.78, 5) is 10.4. The van der Waals surface area contributed by atoms with Crippen LogP contribution in [0.1, 0.15) is 0 Å². The summed E-state index contributed by atoms with van der Waals surface area (Å²) < 4.78 is 2.45. The lowest BCUT2D eigenvalue weighted by Crippen LogP contribution is -2.00. The predicted octanol–water partition coefficient (Wildman–Crippen LogP) is 12.5. The van der Waals surface area contributed by atoms with Gasteiger partial charge in [0.15, 0.2) is 5.82 Å². The first-order chi connectivity index (χ1) is 25.3. The molecule has 0 unspecified atom stereocenters. The monoisotopic (exact) mass is 649 g/mol. The maximum absolute atomic E-state index is 5.18. The van der Waals surface area contributed by atoms with Crippen LogP contribution in [0.4, 0.5) is 0 Å². The van der Waals surface area contributed by atoms with Gasteiger partial charge in [-0.3, -0.25) is 0 Å². The van der Waals surface area contributed by atoms with Crippen LogP contribution < -0.4 is 0 Å². The fourth-order valence-corrected chi connectivity index (χ4v) is 7.54. The van der Waals surface area contributed by atoms with Gasteiger partial charge in [-0.15, -0.1) is 0 Å². The molecule has 3 nitrogen and oxygen atoms in total. The Hall–Kier alpha value is -6.84. The Morgan fingerprint density at radius 2 is 0.922 bits per heavy atom. The molecular formula is C48H31N3. The first-order valence-electron chi connectivity index (χ1n) is 17.3. The fraction of sp³-hybridized carbons (Fsp3) is 0. The number of benzene rings is 8. The summed E-state index contributed by atoms with van der Waals surface area (Å²) in [5.74, 6) is 0.693. The third-order valence-electron chi connectivity index (χ3n) is 9.97. The zero-order valence-electron chi connectivity index (χ0n) is 27.7. The van der Waals surface area contributed by atoms with Crippen molar-refractivity contribution in [2.75, 3.05) is 0 Å². The Morgan fingerprint density at radius 1 is 0.353 bits per heavy atom. The molecule has 0 saturated carbocycles. The zero-order chi connectivity index (χ0) is 33.7. The van der Waals surface area contributed by atoms with E-state index in [1.807, 2.05) is 12.1 Å². The van der Waals surface area contributed by atoms with E-state index in [9.17, 15) is 0 Å². The highest BCUT2D eigenvalue weighted by atomic mass is 15.0. The molecule has 2 aromatic heterocycles. The van der Waals surface area contributed by atoms with Crippen molar-refractivity contribution in [3.63, 3.8) is 0 Å².